The first-order chi connectivity index (χ1) is 9.27. The molecule has 0 aliphatic heterocycles. The Morgan fingerprint density at radius 3 is 2.58 bits per heavy atom. The number of aryl methyl sites for hydroxylation is 1. The van der Waals surface area contributed by atoms with Crippen LogP contribution in [0.4, 0.5) is 0 Å². The van der Waals surface area contributed by atoms with Crippen LogP contribution in [-0.4, -0.2) is 16.3 Å². The zero-order valence-electron chi connectivity index (χ0n) is 12.2. The second kappa shape index (κ2) is 7.30. The third-order valence-electron chi connectivity index (χ3n) is 4.22. The Bertz CT molecular complexity index is 381. The van der Waals surface area contributed by atoms with E-state index >= 15 is 0 Å². The number of rotatable bonds is 5. The van der Waals surface area contributed by atoms with Gasteiger partial charge in [-0.3, -0.25) is 4.68 Å². The molecular weight excluding hydrogens is 258 g/mol. The van der Waals surface area contributed by atoms with E-state index in [-0.39, 0.29) is 0 Å². The maximum absolute atomic E-state index is 6.39. The van der Waals surface area contributed by atoms with Crippen molar-refractivity contribution in [2.24, 2.45) is 5.92 Å². The Kier molecular flexibility index (Phi) is 5.71. The van der Waals surface area contributed by atoms with E-state index in [1.54, 1.807) is 6.20 Å². The van der Waals surface area contributed by atoms with Crippen LogP contribution < -0.4 is 5.32 Å². The van der Waals surface area contributed by atoms with Gasteiger partial charge in [-0.05, 0) is 32.2 Å². The molecule has 1 heterocycles. The summed E-state index contributed by atoms with van der Waals surface area (Å²) in [5, 5.41) is 8.87. The van der Waals surface area contributed by atoms with Crippen LogP contribution in [0.2, 0.25) is 5.02 Å². The summed E-state index contributed by atoms with van der Waals surface area (Å²) in [7, 11) is 0. The topological polar surface area (TPSA) is 29.9 Å². The average molecular weight is 284 g/mol. The van der Waals surface area contributed by atoms with Gasteiger partial charge in [-0.25, -0.2) is 0 Å². The van der Waals surface area contributed by atoms with Crippen LogP contribution in [-0.2, 0) is 6.54 Å². The lowest BCUT2D eigenvalue weighted by atomic mass is 9.89. The lowest BCUT2D eigenvalue weighted by molar-refractivity contribution is 0.314. The van der Waals surface area contributed by atoms with E-state index in [9.17, 15) is 0 Å². The molecule has 1 fully saturated rings. The smallest absolute Gasteiger partial charge is 0.0834 e. The van der Waals surface area contributed by atoms with Crippen LogP contribution in [0.1, 0.15) is 64.1 Å². The summed E-state index contributed by atoms with van der Waals surface area (Å²) in [5.41, 5.74) is 1.19. The zero-order chi connectivity index (χ0) is 13.7. The van der Waals surface area contributed by atoms with E-state index < -0.39 is 0 Å². The van der Waals surface area contributed by atoms with Gasteiger partial charge in [0.15, 0.2) is 0 Å². The van der Waals surface area contributed by atoms with E-state index in [4.69, 9.17) is 11.6 Å². The van der Waals surface area contributed by atoms with Crippen molar-refractivity contribution in [3.8, 4) is 0 Å². The average Bonchev–Trinajstić information content (AvgIpc) is 2.64. The highest BCUT2D eigenvalue weighted by molar-refractivity contribution is 6.31. The van der Waals surface area contributed by atoms with Crippen LogP contribution >= 0.6 is 11.6 Å². The number of hydrogen-bond donors (Lipinski definition) is 1. The van der Waals surface area contributed by atoms with Crippen LogP contribution in [0.3, 0.4) is 0 Å². The molecule has 2 rings (SSSR count). The van der Waals surface area contributed by atoms with Gasteiger partial charge in [-0.2, -0.15) is 5.10 Å². The molecule has 0 aromatic carbocycles. The van der Waals surface area contributed by atoms with Crippen LogP contribution in [0.15, 0.2) is 6.20 Å². The molecule has 108 valence electrons. The SMILES string of the molecule is CCNC(c1c(Cl)cnn1CC)C1CCCCCC1. The standard InChI is InChI=1S/C15H26ClN3/c1-3-17-14(12-9-7-5-6-8-10-12)15-13(16)11-18-19(15)4-2/h11-12,14,17H,3-10H2,1-2H3. The molecule has 0 spiro atoms. The first kappa shape index (κ1) is 14.9. The fraction of sp³-hybridized carbons (Fsp3) is 0.800. The fourth-order valence-corrected chi connectivity index (χ4v) is 3.54. The summed E-state index contributed by atoms with van der Waals surface area (Å²) in [6.07, 6.45) is 9.88. The first-order valence-corrected chi connectivity index (χ1v) is 8.10. The predicted molar refractivity (Wildman–Crippen MR) is 80.5 cm³/mol. The highest BCUT2D eigenvalue weighted by Gasteiger charge is 2.28. The summed E-state index contributed by atoms with van der Waals surface area (Å²) < 4.78 is 2.06. The molecule has 1 aliphatic carbocycles. The maximum atomic E-state index is 6.39. The maximum Gasteiger partial charge on any atom is 0.0834 e. The van der Waals surface area contributed by atoms with Crippen molar-refractivity contribution >= 4 is 11.6 Å². The number of nitrogens with one attached hydrogen (secondary N) is 1. The van der Waals surface area contributed by atoms with Crippen molar-refractivity contribution in [2.45, 2.75) is 65.0 Å². The van der Waals surface area contributed by atoms with Gasteiger partial charge in [0.2, 0.25) is 0 Å². The van der Waals surface area contributed by atoms with Crippen LogP contribution in [0.25, 0.3) is 0 Å². The number of hydrogen-bond acceptors (Lipinski definition) is 2. The van der Waals surface area contributed by atoms with Gasteiger partial charge in [-0.1, -0.05) is 44.2 Å². The Morgan fingerprint density at radius 2 is 2.00 bits per heavy atom. The lowest BCUT2D eigenvalue weighted by Gasteiger charge is -2.28. The summed E-state index contributed by atoms with van der Waals surface area (Å²) in [6.45, 7) is 6.16. The molecule has 3 nitrogen and oxygen atoms in total. The predicted octanol–water partition coefficient (Wildman–Crippen LogP) is 4.18. The Hall–Kier alpha value is -0.540. The molecule has 0 bridgehead atoms. The van der Waals surface area contributed by atoms with Crippen molar-refractivity contribution < 1.29 is 0 Å². The largest absolute Gasteiger partial charge is 0.309 e. The van der Waals surface area contributed by atoms with E-state index in [0.29, 0.717) is 12.0 Å². The molecular formula is C15H26ClN3. The van der Waals surface area contributed by atoms with E-state index in [1.165, 1.54) is 44.2 Å². The molecule has 0 saturated heterocycles. The highest BCUT2D eigenvalue weighted by atomic mass is 35.5. The molecule has 1 saturated carbocycles. The van der Waals surface area contributed by atoms with Gasteiger partial charge >= 0.3 is 0 Å². The molecule has 4 heteroatoms. The fourth-order valence-electron chi connectivity index (χ4n) is 3.28. The molecule has 1 N–H and O–H groups in total. The van der Waals surface area contributed by atoms with Crippen molar-refractivity contribution in [3.05, 3.63) is 16.9 Å². The van der Waals surface area contributed by atoms with Crippen molar-refractivity contribution in [3.63, 3.8) is 0 Å². The van der Waals surface area contributed by atoms with Gasteiger partial charge in [0.05, 0.1) is 23.0 Å². The summed E-state index contributed by atoms with van der Waals surface area (Å²) in [4.78, 5) is 0. The minimum absolute atomic E-state index is 0.359. The van der Waals surface area contributed by atoms with Crippen molar-refractivity contribution in [2.75, 3.05) is 6.54 Å². The summed E-state index contributed by atoms with van der Waals surface area (Å²) >= 11 is 6.39. The molecule has 1 atom stereocenters. The summed E-state index contributed by atoms with van der Waals surface area (Å²) in [5.74, 6) is 0.696. The van der Waals surface area contributed by atoms with Crippen LogP contribution in [0.5, 0.6) is 0 Å². The molecule has 1 aromatic rings. The van der Waals surface area contributed by atoms with Gasteiger partial charge in [0.25, 0.3) is 0 Å². The van der Waals surface area contributed by atoms with Crippen molar-refractivity contribution in [1.82, 2.24) is 15.1 Å². The monoisotopic (exact) mass is 283 g/mol. The molecule has 0 radical (unpaired) electrons. The normalized spacial score (nSPS) is 19.3. The quantitative estimate of drug-likeness (QED) is 0.822. The highest BCUT2D eigenvalue weighted by Crippen LogP contribution is 2.36. The number of aromatic nitrogens is 2. The molecule has 0 amide bonds. The minimum atomic E-state index is 0.359. The van der Waals surface area contributed by atoms with Gasteiger partial charge < -0.3 is 5.32 Å². The molecule has 1 unspecified atom stereocenters. The van der Waals surface area contributed by atoms with E-state index in [0.717, 1.165) is 18.1 Å². The Balaban J connectivity index is 2.24. The van der Waals surface area contributed by atoms with E-state index in [2.05, 4.69) is 28.9 Å². The third-order valence-corrected chi connectivity index (χ3v) is 4.51. The zero-order valence-corrected chi connectivity index (χ0v) is 12.9. The van der Waals surface area contributed by atoms with Crippen LogP contribution in [0, 0.1) is 5.92 Å². The summed E-state index contributed by atoms with van der Waals surface area (Å²) in [6, 6.07) is 0.359. The first-order valence-electron chi connectivity index (χ1n) is 7.72. The minimum Gasteiger partial charge on any atom is -0.309 e. The number of nitrogens with zero attached hydrogens (tertiary/aromatic N) is 2. The van der Waals surface area contributed by atoms with Gasteiger partial charge in [0.1, 0.15) is 0 Å². The molecule has 19 heavy (non-hydrogen) atoms. The number of halogens is 1. The second-order valence-electron chi connectivity index (χ2n) is 5.48. The third kappa shape index (κ3) is 3.51. The lowest BCUT2D eigenvalue weighted by Crippen LogP contribution is -2.30. The van der Waals surface area contributed by atoms with Gasteiger partial charge in [-0.15, -0.1) is 0 Å². The molecule has 1 aliphatic rings. The second-order valence-corrected chi connectivity index (χ2v) is 5.89. The van der Waals surface area contributed by atoms with Crippen molar-refractivity contribution in [1.29, 1.82) is 0 Å². The van der Waals surface area contributed by atoms with Gasteiger partial charge in [0, 0.05) is 6.54 Å². The van der Waals surface area contributed by atoms with E-state index in [1.807, 2.05) is 0 Å². The Labute approximate surface area is 121 Å². The molecule has 1 aromatic heterocycles. The Morgan fingerprint density at radius 1 is 1.32 bits per heavy atom.